The summed E-state index contributed by atoms with van der Waals surface area (Å²) in [6.45, 7) is 0. The van der Waals surface area contributed by atoms with Crippen molar-refractivity contribution in [2.24, 2.45) is 5.10 Å². The molecule has 0 spiro atoms. The van der Waals surface area contributed by atoms with E-state index in [0.717, 1.165) is 5.56 Å². The largest absolute Gasteiger partial charge is 0.507 e. The molecule has 3 aromatic rings. The number of hydrogen-bond acceptors (Lipinski definition) is 5. The van der Waals surface area contributed by atoms with Gasteiger partial charge in [0.2, 0.25) is 0 Å². The zero-order valence-corrected chi connectivity index (χ0v) is 14.9. The first-order valence-corrected chi connectivity index (χ1v) is 8.58. The lowest BCUT2D eigenvalue weighted by atomic mass is 10.1. The number of phenolic OH excluding ortho intramolecular Hbond substituents is 1. The van der Waals surface area contributed by atoms with Crippen molar-refractivity contribution < 1.29 is 19.4 Å². The maximum absolute atomic E-state index is 12.0. The van der Waals surface area contributed by atoms with Crippen molar-refractivity contribution in [2.45, 2.75) is 6.42 Å². The molecule has 140 valence electrons. The van der Waals surface area contributed by atoms with E-state index < -0.39 is 5.91 Å². The van der Waals surface area contributed by atoms with Crippen molar-refractivity contribution >= 4 is 18.1 Å². The second kappa shape index (κ2) is 9.14. The van der Waals surface area contributed by atoms with E-state index in [1.54, 1.807) is 36.4 Å². The summed E-state index contributed by atoms with van der Waals surface area (Å²) in [6, 6.07) is 22.3. The van der Waals surface area contributed by atoms with Crippen LogP contribution in [-0.2, 0) is 11.2 Å². The number of ether oxygens (including phenoxy) is 1. The van der Waals surface area contributed by atoms with Crippen LogP contribution in [0.25, 0.3) is 0 Å². The van der Waals surface area contributed by atoms with Crippen LogP contribution in [0.15, 0.2) is 84.0 Å². The highest BCUT2D eigenvalue weighted by Crippen LogP contribution is 2.15. The summed E-state index contributed by atoms with van der Waals surface area (Å²) in [6.07, 6.45) is 1.65. The smallest absolute Gasteiger partial charge is 0.315 e. The van der Waals surface area contributed by atoms with Crippen LogP contribution in [0.1, 0.15) is 21.5 Å². The Morgan fingerprint density at radius 1 is 0.929 bits per heavy atom. The van der Waals surface area contributed by atoms with Crippen LogP contribution in [0.5, 0.6) is 11.5 Å². The third-order valence-electron chi connectivity index (χ3n) is 3.83. The Balaban J connectivity index is 1.52. The monoisotopic (exact) mass is 374 g/mol. The Kier molecular flexibility index (Phi) is 6.15. The van der Waals surface area contributed by atoms with Crippen LogP contribution in [-0.4, -0.2) is 23.2 Å². The maximum Gasteiger partial charge on any atom is 0.315 e. The fourth-order valence-electron chi connectivity index (χ4n) is 2.44. The first kappa shape index (κ1) is 18.8. The normalized spacial score (nSPS) is 10.6. The molecule has 0 bridgehead atoms. The van der Waals surface area contributed by atoms with Gasteiger partial charge in [-0.05, 0) is 47.5 Å². The predicted molar refractivity (Wildman–Crippen MR) is 105 cm³/mol. The summed E-state index contributed by atoms with van der Waals surface area (Å²) >= 11 is 0. The molecule has 0 aromatic heterocycles. The standard InChI is InChI=1S/C22H18N2O4/c25-20-9-5-4-8-19(20)22(27)24-23-15-17-10-12-18(13-11-17)28-21(26)14-16-6-2-1-3-7-16/h1-13,15,25H,14H2,(H,24,27)/b23-15+. The van der Waals surface area contributed by atoms with E-state index >= 15 is 0 Å². The number of esters is 1. The van der Waals surface area contributed by atoms with Crippen LogP contribution >= 0.6 is 0 Å². The molecule has 3 aromatic carbocycles. The summed E-state index contributed by atoms with van der Waals surface area (Å²) in [4.78, 5) is 23.9. The van der Waals surface area contributed by atoms with E-state index in [-0.39, 0.29) is 23.7 Å². The van der Waals surface area contributed by atoms with Crippen molar-refractivity contribution in [3.05, 3.63) is 95.6 Å². The minimum Gasteiger partial charge on any atom is -0.507 e. The predicted octanol–water partition coefficient (Wildman–Crippen LogP) is 3.30. The lowest BCUT2D eigenvalue weighted by Crippen LogP contribution is -2.17. The van der Waals surface area contributed by atoms with E-state index in [1.807, 2.05) is 30.3 Å². The van der Waals surface area contributed by atoms with Gasteiger partial charge in [-0.15, -0.1) is 0 Å². The molecule has 6 nitrogen and oxygen atoms in total. The average Bonchev–Trinajstić information content (AvgIpc) is 2.70. The molecule has 0 aliphatic rings. The summed E-state index contributed by atoms with van der Waals surface area (Å²) in [5.74, 6) is -0.545. The Hall–Kier alpha value is -3.93. The number of nitrogens with one attached hydrogen (secondary N) is 1. The van der Waals surface area contributed by atoms with Gasteiger partial charge in [0.05, 0.1) is 18.2 Å². The Labute approximate surface area is 162 Å². The Morgan fingerprint density at radius 2 is 1.61 bits per heavy atom. The molecule has 0 heterocycles. The fourth-order valence-corrected chi connectivity index (χ4v) is 2.44. The number of amides is 1. The highest BCUT2D eigenvalue weighted by atomic mass is 16.5. The van der Waals surface area contributed by atoms with E-state index in [9.17, 15) is 14.7 Å². The van der Waals surface area contributed by atoms with Gasteiger partial charge in [0.1, 0.15) is 11.5 Å². The van der Waals surface area contributed by atoms with Crippen molar-refractivity contribution in [1.82, 2.24) is 5.43 Å². The second-order valence-electron chi connectivity index (χ2n) is 5.92. The third-order valence-corrected chi connectivity index (χ3v) is 3.83. The number of para-hydroxylation sites is 1. The second-order valence-corrected chi connectivity index (χ2v) is 5.92. The Morgan fingerprint density at radius 3 is 2.32 bits per heavy atom. The molecule has 0 unspecified atom stereocenters. The molecule has 0 saturated carbocycles. The maximum atomic E-state index is 12.0. The molecule has 6 heteroatoms. The summed E-state index contributed by atoms with van der Waals surface area (Å²) < 4.78 is 5.31. The number of phenols is 1. The van der Waals surface area contributed by atoms with Gasteiger partial charge < -0.3 is 9.84 Å². The molecule has 28 heavy (non-hydrogen) atoms. The van der Waals surface area contributed by atoms with Crippen molar-refractivity contribution in [3.63, 3.8) is 0 Å². The summed E-state index contributed by atoms with van der Waals surface area (Å²) in [7, 11) is 0. The van der Waals surface area contributed by atoms with E-state index in [2.05, 4.69) is 10.5 Å². The topological polar surface area (TPSA) is 88.0 Å². The molecule has 2 N–H and O–H groups in total. The number of carbonyl (C=O) groups is 2. The van der Waals surface area contributed by atoms with Gasteiger partial charge in [-0.2, -0.15) is 5.10 Å². The minimum atomic E-state index is -0.513. The van der Waals surface area contributed by atoms with Gasteiger partial charge in [0.15, 0.2) is 0 Å². The first-order valence-electron chi connectivity index (χ1n) is 8.58. The van der Waals surface area contributed by atoms with E-state index in [0.29, 0.717) is 11.3 Å². The third kappa shape index (κ3) is 5.28. The van der Waals surface area contributed by atoms with Gasteiger partial charge in [-0.1, -0.05) is 42.5 Å². The number of rotatable bonds is 6. The molecule has 1 amide bonds. The zero-order valence-electron chi connectivity index (χ0n) is 14.9. The van der Waals surface area contributed by atoms with Gasteiger partial charge in [-0.3, -0.25) is 9.59 Å². The zero-order chi connectivity index (χ0) is 19.8. The van der Waals surface area contributed by atoms with Crippen LogP contribution in [0.3, 0.4) is 0 Å². The molecule has 0 fully saturated rings. The van der Waals surface area contributed by atoms with Crippen LogP contribution in [0.4, 0.5) is 0 Å². The number of benzene rings is 3. The van der Waals surface area contributed by atoms with Crippen LogP contribution in [0.2, 0.25) is 0 Å². The Bertz CT molecular complexity index is 983. The molecule has 0 saturated heterocycles. The van der Waals surface area contributed by atoms with Crippen LogP contribution < -0.4 is 10.2 Å². The molecular weight excluding hydrogens is 356 g/mol. The van der Waals surface area contributed by atoms with E-state index in [4.69, 9.17) is 4.74 Å². The van der Waals surface area contributed by atoms with Gasteiger partial charge in [-0.25, -0.2) is 5.43 Å². The first-order chi connectivity index (χ1) is 13.6. The van der Waals surface area contributed by atoms with Gasteiger partial charge in [0.25, 0.3) is 5.91 Å². The SMILES string of the molecule is O=C(Cc1ccccc1)Oc1ccc(/C=N/NC(=O)c2ccccc2O)cc1. The molecule has 0 atom stereocenters. The summed E-state index contributed by atoms with van der Waals surface area (Å²) in [5.41, 5.74) is 4.08. The highest BCUT2D eigenvalue weighted by molar-refractivity contribution is 5.97. The van der Waals surface area contributed by atoms with Crippen molar-refractivity contribution in [2.75, 3.05) is 0 Å². The lowest BCUT2D eigenvalue weighted by Gasteiger charge is -2.05. The number of hydrogen-bond donors (Lipinski definition) is 2. The van der Waals surface area contributed by atoms with Crippen LogP contribution in [0, 0.1) is 0 Å². The molecule has 0 aliphatic carbocycles. The van der Waals surface area contributed by atoms with Crippen molar-refractivity contribution in [1.29, 1.82) is 0 Å². The number of hydrazone groups is 1. The average molecular weight is 374 g/mol. The van der Waals surface area contributed by atoms with Gasteiger partial charge in [0, 0.05) is 0 Å². The molecule has 0 radical (unpaired) electrons. The number of carbonyl (C=O) groups excluding carboxylic acids is 2. The number of aromatic hydroxyl groups is 1. The molecular formula is C22H18N2O4. The quantitative estimate of drug-likeness (QED) is 0.300. The van der Waals surface area contributed by atoms with E-state index in [1.165, 1.54) is 18.3 Å². The molecule has 3 rings (SSSR count). The summed E-state index contributed by atoms with van der Waals surface area (Å²) in [5, 5.41) is 13.5. The fraction of sp³-hybridized carbons (Fsp3) is 0.0455. The minimum absolute atomic E-state index is 0.114. The highest BCUT2D eigenvalue weighted by Gasteiger charge is 2.09. The van der Waals surface area contributed by atoms with Gasteiger partial charge >= 0.3 is 5.97 Å². The van der Waals surface area contributed by atoms with Crippen molar-refractivity contribution in [3.8, 4) is 11.5 Å². The lowest BCUT2D eigenvalue weighted by molar-refractivity contribution is -0.133. The molecule has 0 aliphatic heterocycles. The number of nitrogens with zero attached hydrogens (tertiary/aromatic N) is 1.